The summed E-state index contributed by atoms with van der Waals surface area (Å²) < 4.78 is 51.3. The normalized spacial score (nSPS) is 11.1. The van der Waals surface area contributed by atoms with Crippen molar-refractivity contribution in [2.45, 2.75) is 46.4 Å². The molecule has 0 spiro atoms. The van der Waals surface area contributed by atoms with E-state index in [1.165, 1.54) is 18.4 Å². The Morgan fingerprint density at radius 1 is 0.395 bits per heavy atom. The molecule has 0 aliphatic carbocycles. The van der Waals surface area contributed by atoms with Crippen LogP contribution in [-0.2, 0) is 31.2 Å². The van der Waals surface area contributed by atoms with Gasteiger partial charge in [-0.3, -0.25) is 4.98 Å². The number of para-hydroxylation sites is 1. The van der Waals surface area contributed by atoms with Gasteiger partial charge in [-0.1, -0.05) is 36.4 Å². The Kier molecular flexibility index (Phi) is 21.4. The lowest BCUT2D eigenvalue weighted by atomic mass is 9.97. The van der Waals surface area contributed by atoms with E-state index < -0.39 is 10.0 Å². The van der Waals surface area contributed by atoms with E-state index >= 15 is 0 Å². The summed E-state index contributed by atoms with van der Waals surface area (Å²) in [6.45, 7) is 12.0. The molecule has 24 nitrogen and oxygen atoms in total. The molecule has 8 aromatic heterocycles. The zero-order valence-electron chi connectivity index (χ0n) is 64.0. The van der Waals surface area contributed by atoms with Gasteiger partial charge in [-0.05, 0) is 255 Å². The quantitative estimate of drug-likeness (QED) is 0.0762. The lowest BCUT2D eigenvalue weighted by molar-refractivity contribution is 0.459. The molecule has 16 rings (SSSR count). The molecule has 0 saturated carbocycles. The Morgan fingerprint density at radius 2 is 0.763 bits per heavy atom. The lowest BCUT2D eigenvalue weighted by Gasteiger charge is -2.16. The first-order chi connectivity index (χ1) is 55.0. The number of benzene rings is 8. The number of sulfonamides is 1. The van der Waals surface area contributed by atoms with E-state index in [2.05, 4.69) is 105 Å². The van der Waals surface area contributed by atoms with Crippen molar-refractivity contribution < 1.29 is 22.6 Å². The maximum absolute atomic E-state index is 12.4. The average molecular weight is 1520 g/mol. The highest BCUT2D eigenvalue weighted by atomic mass is 32.2. The highest BCUT2D eigenvalue weighted by Crippen LogP contribution is 2.41. The Bertz CT molecular complexity index is 6620. The van der Waals surface area contributed by atoms with Gasteiger partial charge in [0.05, 0.1) is 61.9 Å². The van der Waals surface area contributed by atoms with Crippen LogP contribution in [0.15, 0.2) is 230 Å². The van der Waals surface area contributed by atoms with Gasteiger partial charge in [0.2, 0.25) is 45.5 Å². The van der Waals surface area contributed by atoms with Gasteiger partial charge in [0.15, 0.2) is 0 Å². The average Bonchev–Trinajstić information content (AvgIpc) is 1.34. The molecule has 0 aliphatic rings. The first-order valence-electron chi connectivity index (χ1n) is 35.9. The van der Waals surface area contributed by atoms with Gasteiger partial charge in [-0.15, -0.1) is 0 Å². The number of fused-ring (bicyclic) bond motifs is 4. The van der Waals surface area contributed by atoms with Crippen molar-refractivity contribution in [3.05, 3.63) is 281 Å². The summed E-state index contributed by atoms with van der Waals surface area (Å²) in [5.41, 5.74) is 21.6. The van der Waals surface area contributed by atoms with Gasteiger partial charge < -0.3 is 43.9 Å². The molecule has 3 N–H and O–H groups in total. The third kappa shape index (κ3) is 16.1. The van der Waals surface area contributed by atoms with E-state index in [0.717, 1.165) is 134 Å². The fourth-order valence-electron chi connectivity index (χ4n) is 13.2. The Labute approximate surface area is 657 Å². The van der Waals surface area contributed by atoms with Crippen LogP contribution >= 0.6 is 0 Å². The molecule has 0 bridgehead atoms. The van der Waals surface area contributed by atoms with Crippen molar-refractivity contribution in [2.75, 3.05) is 30.0 Å². The highest BCUT2D eigenvalue weighted by molar-refractivity contribution is 7.89. The molecular weight excluding hydrogens is 1450 g/mol. The van der Waals surface area contributed by atoms with E-state index in [-0.39, 0.29) is 4.90 Å². The maximum Gasteiger partial charge on any atom is 0.249 e. The second-order valence-electron chi connectivity index (χ2n) is 27.3. The first-order valence-corrected chi connectivity index (χ1v) is 37.4. The molecular formula is C89H73N19O5S. The van der Waals surface area contributed by atoms with Gasteiger partial charge in [0.1, 0.15) is 45.6 Å². The largest absolute Gasteiger partial charge is 0.436 e. The molecule has 8 heterocycles. The number of hydrogen-bond acceptors (Lipinski definition) is 20. The van der Waals surface area contributed by atoms with Gasteiger partial charge in [0, 0.05) is 99.8 Å². The number of rotatable bonds is 17. The number of anilines is 6. The fourth-order valence-corrected chi connectivity index (χ4v) is 14.1. The Balaban J connectivity index is 0.000000142. The SMILES string of the molecule is Cc1cc(-c2ccc(C#N)nc2)cc(C)c1Oc1nc(Nc2ccc(C#N)cc2)nc2ccn(C)c12.Cc1cc(-c2ccc(S(=O)(=O)N(C)C)cc2)cc(C)c1Oc1nc(Nc2ccc(C#N)cc2)nc2ccn(C)c12.Cc1cc(-c2cccc3cccnc23)cc(C)c1Oc1nc(Nc2ccc(C#N)cc2)nc2ccn(C)c12. The van der Waals surface area contributed by atoms with Gasteiger partial charge >= 0.3 is 0 Å². The van der Waals surface area contributed by atoms with Crippen LogP contribution in [0, 0.1) is 86.9 Å². The minimum atomic E-state index is -3.50. The number of ether oxygens (including phenoxy) is 3. The Hall–Kier alpha value is -15.2. The molecule has 8 aromatic carbocycles. The molecule has 0 radical (unpaired) electrons. The van der Waals surface area contributed by atoms with Crippen molar-refractivity contribution >= 4 is 88.9 Å². The zero-order chi connectivity index (χ0) is 80.1. The monoisotopic (exact) mass is 1520 g/mol. The third-order valence-corrected chi connectivity index (χ3v) is 20.8. The number of aromatic nitrogens is 11. The molecule has 0 fully saturated rings. The van der Waals surface area contributed by atoms with Crippen LogP contribution in [0.4, 0.5) is 34.9 Å². The second-order valence-corrected chi connectivity index (χ2v) is 29.5. The number of hydrogen-bond donors (Lipinski definition) is 3. The molecule has 0 saturated heterocycles. The highest BCUT2D eigenvalue weighted by Gasteiger charge is 2.23. The summed E-state index contributed by atoms with van der Waals surface area (Å²) in [6.07, 6.45) is 9.28. The minimum absolute atomic E-state index is 0.246. The van der Waals surface area contributed by atoms with Crippen molar-refractivity contribution in [2.24, 2.45) is 21.1 Å². The predicted molar refractivity (Wildman–Crippen MR) is 442 cm³/mol. The van der Waals surface area contributed by atoms with E-state index in [1.807, 2.05) is 198 Å². The standard InChI is InChI=1S/C31H24N6O.C30H28N6O3S.C28H21N7O/c1-19-16-23(25-8-4-6-22-7-5-14-33-27(22)25)17-20(2)29(19)38-30-28-26(13-15-37(28)3)35-31(36-30)34-24-11-9-21(18-32)10-12-24;1-19-16-23(22-8-12-25(13-9-22)40(37,38)35(3)4)17-20(2)28(19)39-29-27-26(14-15-36(27)5)33-30(34-29)32-24-10-6-21(18-31)7-11-24;1-17-12-21(20-6-9-23(15-30)31-16-20)13-18(2)26(17)36-27-25-24(10-11-35(25)3)33-28(34-27)32-22-7-4-19(14-29)5-8-22/h4-17H,1-3H3,(H,34,35,36);6-17H,1-5H3,(H,32,33,34);4-13,16H,1-3H3,(H,32,33,34). The maximum atomic E-state index is 12.4. The second kappa shape index (κ2) is 32.2. The molecule has 0 unspecified atom stereocenters. The van der Waals surface area contributed by atoms with Crippen LogP contribution in [0.2, 0.25) is 0 Å². The molecule has 16 aromatic rings. The third-order valence-electron chi connectivity index (χ3n) is 19.0. The molecule has 0 aliphatic heterocycles. The topological polar surface area (TPSA) is 314 Å². The summed E-state index contributed by atoms with van der Waals surface area (Å²) >= 11 is 0. The molecule has 114 heavy (non-hydrogen) atoms. The lowest BCUT2D eigenvalue weighted by Crippen LogP contribution is -2.22. The summed E-state index contributed by atoms with van der Waals surface area (Å²) in [6, 6.07) is 68.5. The van der Waals surface area contributed by atoms with E-state index in [0.29, 0.717) is 69.4 Å². The molecule has 560 valence electrons. The van der Waals surface area contributed by atoms with Crippen molar-refractivity contribution in [1.82, 2.24) is 57.9 Å². The predicted octanol–water partition coefficient (Wildman–Crippen LogP) is 19.0. The van der Waals surface area contributed by atoms with E-state index in [9.17, 15) is 8.42 Å². The van der Waals surface area contributed by atoms with Gasteiger partial charge in [-0.25, -0.2) is 32.7 Å². The number of nitrogens with one attached hydrogen (secondary N) is 3. The van der Waals surface area contributed by atoms with Crippen LogP contribution < -0.4 is 30.2 Å². The summed E-state index contributed by atoms with van der Waals surface area (Å²) in [5, 5.41) is 46.9. The summed E-state index contributed by atoms with van der Waals surface area (Å²) in [5.74, 6) is 4.64. The number of pyridine rings is 2. The van der Waals surface area contributed by atoms with Gasteiger partial charge in [-0.2, -0.15) is 36.0 Å². The van der Waals surface area contributed by atoms with Crippen molar-refractivity contribution in [3.8, 4) is 92.5 Å². The van der Waals surface area contributed by atoms with Gasteiger partial charge in [0.25, 0.3) is 0 Å². The van der Waals surface area contributed by atoms with Crippen molar-refractivity contribution in [1.29, 1.82) is 21.0 Å². The molecule has 0 amide bonds. The smallest absolute Gasteiger partial charge is 0.249 e. The fraction of sp³-hybridized carbons (Fsp3) is 0.124. The van der Waals surface area contributed by atoms with E-state index in [1.54, 1.807) is 72.9 Å². The van der Waals surface area contributed by atoms with E-state index in [4.69, 9.17) is 40.2 Å². The molecule has 25 heteroatoms. The van der Waals surface area contributed by atoms with Crippen LogP contribution in [0.5, 0.6) is 34.9 Å². The van der Waals surface area contributed by atoms with Crippen LogP contribution in [0.1, 0.15) is 55.8 Å². The number of aryl methyl sites for hydroxylation is 9. The number of nitrogens with zero attached hydrogens (tertiary/aromatic N) is 16. The Morgan fingerprint density at radius 3 is 1.12 bits per heavy atom. The minimum Gasteiger partial charge on any atom is -0.436 e. The number of nitriles is 4. The van der Waals surface area contributed by atoms with Crippen LogP contribution in [0.25, 0.3) is 77.4 Å². The summed E-state index contributed by atoms with van der Waals surface area (Å²) in [4.78, 5) is 37.1. The zero-order valence-corrected chi connectivity index (χ0v) is 64.8. The first kappa shape index (κ1) is 75.7. The summed E-state index contributed by atoms with van der Waals surface area (Å²) in [7, 11) is 5.32. The van der Waals surface area contributed by atoms with Crippen molar-refractivity contribution in [3.63, 3.8) is 0 Å². The van der Waals surface area contributed by atoms with Crippen LogP contribution in [0.3, 0.4) is 0 Å². The molecule has 0 atom stereocenters. The van der Waals surface area contributed by atoms with Crippen LogP contribution in [-0.4, -0.2) is 80.4 Å².